The molecular formula is C18H16N2O3. The Balaban J connectivity index is 1.78. The molecule has 2 aromatic rings. The number of nitrogens with zero attached hydrogens (tertiary/aromatic N) is 2. The lowest BCUT2D eigenvalue weighted by atomic mass is 10.1. The van der Waals surface area contributed by atoms with Gasteiger partial charge in [-0.05, 0) is 18.1 Å². The smallest absolute Gasteiger partial charge is 0.263 e. The second-order valence-electron chi connectivity index (χ2n) is 5.54. The fourth-order valence-electron chi connectivity index (χ4n) is 2.47. The van der Waals surface area contributed by atoms with E-state index in [2.05, 4.69) is 0 Å². The highest BCUT2D eigenvalue weighted by Gasteiger charge is 2.44. The monoisotopic (exact) mass is 308 g/mol. The summed E-state index contributed by atoms with van der Waals surface area (Å²) in [6, 6.07) is 16.1. The number of amides is 4. The Kier molecular flexibility index (Phi) is 3.93. The summed E-state index contributed by atoms with van der Waals surface area (Å²) in [5, 5.41) is 0. The molecule has 1 heterocycles. The van der Waals surface area contributed by atoms with E-state index in [4.69, 9.17) is 0 Å². The molecule has 1 aliphatic heterocycles. The molecule has 0 spiro atoms. The molecule has 0 atom stereocenters. The van der Waals surface area contributed by atoms with Gasteiger partial charge in [0, 0.05) is 0 Å². The topological polar surface area (TPSA) is 57.7 Å². The van der Waals surface area contributed by atoms with E-state index in [1.807, 2.05) is 61.5 Å². The number of carbonyl (C=O) groups is 3. The molecule has 116 valence electrons. The van der Waals surface area contributed by atoms with Gasteiger partial charge < -0.3 is 0 Å². The van der Waals surface area contributed by atoms with Gasteiger partial charge in [-0.15, -0.1) is 0 Å². The van der Waals surface area contributed by atoms with Crippen molar-refractivity contribution in [2.45, 2.75) is 20.0 Å². The summed E-state index contributed by atoms with van der Waals surface area (Å²) in [6.07, 6.45) is 0. The number of urea groups is 1. The number of hydrogen-bond acceptors (Lipinski definition) is 3. The van der Waals surface area contributed by atoms with Crippen LogP contribution in [-0.4, -0.2) is 27.6 Å². The Morgan fingerprint density at radius 3 is 1.70 bits per heavy atom. The van der Waals surface area contributed by atoms with Crippen LogP contribution in [0.25, 0.3) is 0 Å². The summed E-state index contributed by atoms with van der Waals surface area (Å²) in [6.45, 7) is 2.17. The fourth-order valence-corrected chi connectivity index (χ4v) is 2.47. The van der Waals surface area contributed by atoms with Crippen molar-refractivity contribution in [1.82, 2.24) is 9.80 Å². The molecule has 1 saturated heterocycles. The number of benzene rings is 2. The minimum atomic E-state index is -0.772. The van der Waals surface area contributed by atoms with Crippen LogP contribution < -0.4 is 0 Å². The van der Waals surface area contributed by atoms with Gasteiger partial charge >= 0.3 is 17.8 Å². The van der Waals surface area contributed by atoms with Crippen molar-refractivity contribution < 1.29 is 14.4 Å². The molecule has 0 unspecified atom stereocenters. The Bertz CT molecular complexity index is 754. The van der Waals surface area contributed by atoms with Gasteiger partial charge in [-0.2, -0.15) is 0 Å². The van der Waals surface area contributed by atoms with Gasteiger partial charge in [0.15, 0.2) is 0 Å². The van der Waals surface area contributed by atoms with Crippen LogP contribution in [0.15, 0.2) is 54.6 Å². The Morgan fingerprint density at radius 1 is 0.696 bits per heavy atom. The molecule has 4 amide bonds. The SMILES string of the molecule is Cc1ccc(CN2C(=O)C(=O)N(Cc3ccccc3)C2=O)cc1. The quantitative estimate of drug-likeness (QED) is 0.644. The minimum Gasteiger partial charge on any atom is -0.263 e. The zero-order chi connectivity index (χ0) is 16.4. The van der Waals surface area contributed by atoms with Crippen molar-refractivity contribution in [3.05, 3.63) is 71.3 Å². The van der Waals surface area contributed by atoms with Gasteiger partial charge in [0.25, 0.3) is 0 Å². The van der Waals surface area contributed by atoms with E-state index < -0.39 is 17.8 Å². The van der Waals surface area contributed by atoms with Crippen molar-refractivity contribution in [1.29, 1.82) is 0 Å². The first kappa shape index (κ1) is 15.0. The Hall–Kier alpha value is -2.95. The third-order valence-corrected chi connectivity index (χ3v) is 3.78. The minimum absolute atomic E-state index is 0.106. The van der Waals surface area contributed by atoms with Crippen LogP contribution in [0, 0.1) is 6.92 Å². The number of carbonyl (C=O) groups excluding carboxylic acids is 3. The van der Waals surface area contributed by atoms with Crippen LogP contribution in [0.4, 0.5) is 4.79 Å². The standard InChI is InChI=1S/C18H16N2O3/c1-13-7-9-15(10-8-13)12-20-17(22)16(21)19(18(20)23)11-14-5-3-2-4-6-14/h2-10H,11-12H2,1H3. The molecule has 0 aromatic heterocycles. The largest absolute Gasteiger partial charge is 0.334 e. The second-order valence-corrected chi connectivity index (χ2v) is 5.54. The number of aryl methyl sites for hydroxylation is 1. The van der Waals surface area contributed by atoms with E-state index in [9.17, 15) is 14.4 Å². The molecule has 23 heavy (non-hydrogen) atoms. The molecular weight excluding hydrogens is 292 g/mol. The molecule has 0 N–H and O–H groups in total. The van der Waals surface area contributed by atoms with E-state index in [1.54, 1.807) is 0 Å². The summed E-state index contributed by atoms with van der Waals surface area (Å²) < 4.78 is 0. The van der Waals surface area contributed by atoms with E-state index >= 15 is 0 Å². The van der Waals surface area contributed by atoms with E-state index in [1.165, 1.54) is 0 Å². The average Bonchev–Trinajstić information content (AvgIpc) is 2.76. The zero-order valence-corrected chi connectivity index (χ0v) is 12.7. The molecule has 5 nitrogen and oxygen atoms in total. The predicted octanol–water partition coefficient (Wildman–Crippen LogP) is 2.49. The molecule has 3 rings (SSSR count). The maximum Gasteiger partial charge on any atom is 0.334 e. The van der Waals surface area contributed by atoms with Crippen molar-refractivity contribution >= 4 is 17.8 Å². The molecule has 0 saturated carbocycles. The van der Waals surface area contributed by atoms with Gasteiger partial charge in [0.2, 0.25) is 0 Å². The molecule has 0 bridgehead atoms. The molecule has 5 heteroatoms. The first-order valence-electron chi connectivity index (χ1n) is 7.33. The summed E-state index contributed by atoms with van der Waals surface area (Å²) in [5.41, 5.74) is 2.71. The lowest BCUT2D eigenvalue weighted by Gasteiger charge is -2.15. The predicted molar refractivity (Wildman–Crippen MR) is 84.1 cm³/mol. The highest BCUT2D eigenvalue weighted by molar-refractivity contribution is 6.44. The van der Waals surface area contributed by atoms with Gasteiger partial charge in [0.1, 0.15) is 0 Å². The van der Waals surface area contributed by atoms with Crippen LogP contribution in [0.2, 0.25) is 0 Å². The van der Waals surface area contributed by atoms with E-state index in [0.717, 1.165) is 26.5 Å². The summed E-state index contributed by atoms with van der Waals surface area (Å²) in [5.74, 6) is -1.54. The lowest BCUT2D eigenvalue weighted by molar-refractivity contribution is -0.143. The maximum absolute atomic E-state index is 12.4. The summed E-state index contributed by atoms with van der Waals surface area (Å²) >= 11 is 0. The fraction of sp³-hybridized carbons (Fsp3) is 0.167. The van der Waals surface area contributed by atoms with Crippen LogP contribution in [0.3, 0.4) is 0 Å². The van der Waals surface area contributed by atoms with Crippen molar-refractivity contribution in [3.8, 4) is 0 Å². The van der Waals surface area contributed by atoms with E-state index in [-0.39, 0.29) is 13.1 Å². The number of hydrogen-bond donors (Lipinski definition) is 0. The lowest BCUT2D eigenvalue weighted by Crippen LogP contribution is -2.32. The normalized spacial score (nSPS) is 14.7. The van der Waals surface area contributed by atoms with Crippen molar-refractivity contribution in [2.75, 3.05) is 0 Å². The third-order valence-electron chi connectivity index (χ3n) is 3.78. The third kappa shape index (κ3) is 2.99. The van der Waals surface area contributed by atoms with Crippen LogP contribution in [-0.2, 0) is 22.7 Å². The van der Waals surface area contributed by atoms with Crippen molar-refractivity contribution in [3.63, 3.8) is 0 Å². The van der Waals surface area contributed by atoms with Crippen LogP contribution in [0.1, 0.15) is 16.7 Å². The Morgan fingerprint density at radius 2 is 1.17 bits per heavy atom. The zero-order valence-electron chi connectivity index (χ0n) is 12.7. The summed E-state index contributed by atoms with van der Waals surface area (Å²) in [4.78, 5) is 38.6. The molecule has 0 aliphatic carbocycles. The van der Waals surface area contributed by atoms with Gasteiger partial charge in [-0.1, -0.05) is 60.2 Å². The van der Waals surface area contributed by atoms with Gasteiger partial charge in [0.05, 0.1) is 13.1 Å². The van der Waals surface area contributed by atoms with Crippen molar-refractivity contribution in [2.24, 2.45) is 0 Å². The number of imide groups is 2. The first-order chi connectivity index (χ1) is 11.1. The molecule has 1 aliphatic rings. The molecule has 1 fully saturated rings. The molecule has 0 radical (unpaired) electrons. The second kappa shape index (κ2) is 6.04. The average molecular weight is 308 g/mol. The summed E-state index contributed by atoms with van der Waals surface area (Å²) in [7, 11) is 0. The van der Waals surface area contributed by atoms with Gasteiger partial charge in [-0.25, -0.2) is 4.79 Å². The van der Waals surface area contributed by atoms with E-state index in [0.29, 0.717) is 0 Å². The number of rotatable bonds is 4. The van der Waals surface area contributed by atoms with Gasteiger partial charge in [-0.3, -0.25) is 19.4 Å². The molecule has 2 aromatic carbocycles. The maximum atomic E-state index is 12.4. The highest BCUT2D eigenvalue weighted by atomic mass is 16.2. The van der Waals surface area contributed by atoms with Crippen LogP contribution >= 0.6 is 0 Å². The highest BCUT2D eigenvalue weighted by Crippen LogP contribution is 2.18. The van der Waals surface area contributed by atoms with Crippen LogP contribution in [0.5, 0.6) is 0 Å². The first-order valence-corrected chi connectivity index (χ1v) is 7.33. The Labute approximate surface area is 134 Å².